The fraction of sp³-hybridized carbons (Fsp3) is 0.571. The van der Waals surface area contributed by atoms with Gasteiger partial charge in [-0.25, -0.2) is 5.32 Å². The molecule has 0 aliphatic carbocycles. The zero-order valence-electron chi connectivity index (χ0n) is 9.73. The van der Waals surface area contributed by atoms with Crippen LogP contribution in [0.2, 0.25) is 0 Å². The number of nitrogens with zero attached hydrogens (tertiary/aromatic N) is 2. The van der Waals surface area contributed by atoms with E-state index in [1.54, 1.807) is 0 Å². The predicted molar refractivity (Wildman–Crippen MR) is 65.3 cm³/mol. The van der Waals surface area contributed by atoms with Crippen LogP contribution in [0, 0.1) is 5.41 Å². The molecule has 3 rings (SSSR count). The second-order valence-electron chi connectivity index (χ2n) is 5.30. The Morgan fingerprint density at radius 2 is 2.06 bits per heavy atom. The van der Waals surface area contributed by atoms with Crippen molar-refractivity contribution in [3.05, 3.63) is 35.9 Å². The first-order chi connectivity index (χ1) is 7.86. The molecule has 0 N–H and O–H groups in total. The highest BCUT2D eigenvalue weighted by atomic mass is 15.2. The minimum Gasteiger partial charge on any atom is -0.298 e. The molecule has 2 aliphatic heterocycles. The summed E-state index contributed by atoms with van der Waals surface area (Å²) in [5, 5.41) is 4.53. The monoisotopic (exact) mass is 215 g/mol. The van der Waals surface area contributed by atoms with Crippen LogP contribution in [-0.2, 0) is 6.54 Å². The van der Waals surface area contributed by atoms with Crippen molar-refractivity contribution in [1.82, 2.24) is 10.2 Å². The highest BCUT2D eigenvalue weighted by molar-refractivity contribution is 5.15. The Morgan fingerprint density at radius 3 is 2.81 bits per heavy atom. The Bertz CT molecular complexity index is 341. The molecule has 1 atom stereocenters. The third kappa shape index (κ3) is 2.00. The maximum absolute atomic E-state index is 4.53. The molecule has 2 heterocycles. The van der Waals surface area contributed by atoms with E-state index >= 15 is 0 Å². The van der Waals surface area contributed by atoms with Gasteiger partial charge in [0.15, 0.2) is 0 Å². The molecular weight excluding hydrogens is 196 g/mol. The molecule has 1 aromatic carbocycles. The van der Waals surface area contributed by atoms with Gasteiger partial charge in [-0.05, 0) is 30.4 Å². The normalized spacial score (nSPS) is 30.2. The lowest BCUT2D eigenvalue weighted by atomic mass is 9.87. The van der Waals surface area contributed by atoms with Crippen molar-refractivity contribution in [3.8, 4) is 0 Å². The van der Waals surface area contributed by atoms with Gasteiger partial charge in [0.1, 0.15) is 0 Å². The lowest BCUT2D eigenvalue weighted by molar-refractivity contribution is 0.268. The van der Waals surface area contributed by atoms with Crippen LogP contribution in [0.5, 0.6) is 0 Å². The van der Waals surface area contributed by atoms with Crippen LogP contribution in [0.1, 0.15) is 18.4 Å². The highest BCUT2D eigenvalue weighted by Gasteiger charge is 2.40. The largest absolute Gasteiger partial charge is 0.298 e. The van der Waals surface area contributed by atoms with Crippen LogP contribution in [0.4, 0.5) is 0 Å². The average molecular weight is 215 g/mol. The van der Waals surface area contributed by atoms with E-state index < -0.39 is 0 Å². The Hall–Kier alpha value is -0.860. The molecule has 2 fully saturated rings. The molecule has 1 aromatic rings. The SMILES string of the molecule is c1ccc(CN2CCC3(CC[N]C3)C2)cc1. The summed E-state index contributed by atoms with van der Waals surface area (Å²) in [5.41, 5.74) is 1.99. The van der Waals surface area contributed by atoms with Crippen LogP contribution in [-0.4, -0.2) is 31.1 Å². The molecule has 2 heteroatoms. The Labute approximate surface area is 97.6 Å². The van der Waals surface area contributed by atoms with Gasteiger partial charge in [0.25, 0.3) is 0 Å². The fourth-order valence-corrected chi connectivity index (χ4v) is 3.05. The van der Waals surface area contributed by atoms with E-state index in [0.717, 1.165) is 19.6 Å². The van der Waals surface area contributed by atoms with Gasteiger partial charge in [0.2, 0.25) is 0 Å². The summed E-state index contributed by atoms with van der Waals surface area (Å²) in [4.78, 5) is 2.59. The average Bonchev–Trinajstić information content (AvgIpc) is 2.92. The van der Waals surface area contributed by atoms with E-state index in [9.17, 15) is 0 Å². The van der Waals surface area contributed by atoms with Crippen LogP contribution in [0.3, 0.4) is 0 Å². The molecule has 0 aromatic heterocycles. The Kier molecular flexibility index (Phi) is 2.70. The Balaban J connectivity index is 1.62. The molecule has 1 spiro atoms. The molecule has 2 aliphatic rings. The first kappa shape index (κ1) is 10.3. The van der Waals surface area contributed by atoms with Crippen molar-refractivity contribution in [1.29, 1.82) is 0 Å². The fourth-order valence-electron chi connectivity index (χ4n) is 3.05. The number of hydrogen-bond acceptors (Lipinski definition) is 1. The van der Waals surface area contributed by atoms with Gasteiger partial charge in [0.05, 0.1) is 0 Å². The van der Waals surface area contributed by atoms with Gasteiger partial charge >= 0.3 is 0 Å². The summed E-state index contributed by atoms with van der Waals surface area (Å²) < 4.78 is 0. The van der Waals surface area contributed by atoms with Gasteiger partial charge in [-0.2, -0.15) is 0 Å². The standard InChI is InChI=1S/C14H19N2/c1-2-4-13(5-3-1)10-16-9-7-14(12-16)6-8-15-11-14/h1-5H,6-12H2. The smallest absolute Gasteiger partial charge is 0.0233 e. The third-order valence-electron chi connectivity index (χ3n) is 4.01. The van der Waals surface area contributed by atoms with Crippen molar-refractivity contribution in [2.45, 2.75) is 19.4 Å². The van der Waals surface area contributed by atoms with E-state index in [4.69, 9.17) is 0 Å². The van der Waals surface area contributed by atoms with Gasteiger partial charge in [-0.3, -0.25) is 4.90 Å². The van der Waals surface area contributed by atoms with Crippen LogP contribution in [0.25, 0.3) is 0 Å². The summed E-state index contributed by atoms with van der Waals surface area (Å²) >= 11 is 0. The summed E-state index contributed by atoms with van der Waals surface area (Å²) in [6.45, 7) is 5.83. The first-order valence-corrected chi connectivity index (χ1v) is 6.26. The lowest BCUT2D eigenvalue weighted by Gasteiger charge is -2.22. The van der Waals surface area contributed by atoms with Gasteiger partial charge in [0, 0.05) is 26.2 Å². The van der Waals surface area contributed by atoms with E-state index in [-0.39, 0.29) is 0 Å². The molecule has 2 saturated heterocycles. The van der Waals surface area contributed by atoms with Crippen molar-refractivity contribution in [2.75, 3.05) is 26.2 Å². The molecular formula is C14H19N2. The van der Waals surface area contributed by atoms with Crippen LogP contribution in [0.15, 0.2) is 30.3 Å². The molecule has 85 valence electrons. The first-order valence-electron chi connectivity index (χ1n) is 6.26. The summed E-state index contributed by atoms with van der Waals surface area (Å²) in [6.07, 6.45) is 2.67. The number of likely N-dealkylation sites (tertiary alicyclic amines) is 1. The second-order valence-corrected chi connectivity index (χ2v) is 5.30. The van der Waals surface area contributed by atoms with Crippen molar-refractivity contribution >= 4 is 0 Å². The van der Waals surface area contributed by atoms with Gasteiger partial charge < -0.3 is 0 Å². The number of hydrogen-bond donors (Lipinski definition) is 0. The van der Waals surface area contributed by atoms with Crippen molar-refractivity contribution < 1.29 is 0 Å². The third-order valence-corrected chi connectivity index (χ3v) is 4.01. The molecule has 0 amide bonds. The zero-order chi connectivity index (χ0) is 10.8. The van der Waals surface area contributed by atoms with Gasteiger partial charge in [-0.15, -0.1) is 0 Å². The quantitative estimate of drug-likeness (QED) is 0.736. The topological polar surface area (TPSA) is 17.3 Å². The Morgan fingerprint density at radius 1 is 1.19 bits per heavy atom. The molecule has 0 bridgehead atoms. The highest BCUT2D eigenvalue weighted by Crippen LogP contribution is 2.37. The summed E-state index contributed by atoms with van der Waals surface area (Å²) in [6, 6.07) is 10.8. The van der Waals surface area contributed by atoms with Gasteiger partial charge in [-0.1, -0.05) is 30.3 Å². The van der Waals surface area contributed by atoms with E-state index in [1.165, 1.54) is 31.5 Å². The van der Waals surface area contributed by atoms with E-state index in [2.05, 4.69) is 40.5 Å². The maximum Gasteiger partial charge on any atom is 0.0233 e. The van der Waals surface area contributed by atoms with E-state index in [1.807, 2.05) is 0 Å². The number of rotatable bonds is 2. The predicted octanol–water partition coefficient (Wildman–Crippen LogP) is 1.89. The van der Waals surface area contributed by atoms with Crippen LogP contribution >= 0.6 is 0 Å². The molecule has 2 nitrogen and oxygen atoms in total. The molecule has 16 heavy (non-hydrogen) atoms. The number of benzene rings is 1. The molecule has 1 radical (unpaired) electrons. The minimum atomic E-state index is 0.550. The molecule has 0 saturated carbocycles. The van der Waals surface area contributed by atoms with Crippen molar-refractivity contribution in [3.63, 3.8) is 0 Å². The maximum atomic E-state index is 4.53. The summed E-state index contributed by atoms with van der Waals surface area (Å²) in [7, 11) is 0. The van der Waals surface area contributed by atoms with Crippen molar-refractivity contribution in [2.24, 2.45) is 5.41 Å². The molecule has 1 unspecified atom stereocenters. The lowest BCUT2D eigenvalue weighted by Crippen LogP contribution is -2.27. The minimum absolute atomic E-state index is 0.550. The van der Waals surface area contributed by atoms with E-state index in [0.29, 0.717) is 5.41 Å². The second kappa shape index (κ2) is 4.19. The summed E-state index contributed by atoms with van der Waals surface area (Å²) in [5.74, 6) is 0. The van der Waals surface area contributed by atoms with Crippen LogP contribution < -0.4 is 5.32 Å². The zero-order valence-corrected chi connectivity index (χ0v) is 9.73.